The Kier molecular flexibility index (Phi) is 3.04. The molecule has 0 aliphatic carbocycles. The Balaban J connectivity index is 0.00000112. The zero-order valence-electron chi connectivity index (χ0n) is 9.70. The molecule has 1 aromatic rings. The van der Waals surface area contributed by atoms with Gasteiger partial charge in [0, 0.05) is 23.3 Å². The van der Waals surface area contributed by atoms with Crippen LogP contribution in [0.25, 0.3) is 0 Å². The van der Waals surface area contributed by atoms with E-state index in [2.05, 4.69) is 36.8 Å². The molecule has 2 rings (SSSR count). The van der Waals surface area contributed by atoms with Crippen LogP contribution in [0.5, 0.6) is 0 Å². The van der Waals surface area contributed by atoms with Gasteiger partial charge >= 0.3 is 1.43 Å². The van der Waals surface area contributed by atoms with Gasteiger partial charge in [-0.05, 0) is 24.8 Å². The maximum atomic E-state index is 5.88. The van der Waals surface area contributed by atoms with Crippen LogP contribution in [-0.2, 0) is 4.74 Å². The molecule has 0 bridgehead atoms. The third kappa shape index (κ3) is 2.46. The predicted octanol–water partition coefficient (Wildman–Crippen LogP) is 1.61. The highest BCUT2D eigenvalue weighted by Crippen LogP contribution is 2.27. The van der Waals surface area contributed by atoms with Crippen LogP contribution in [0.4, 0.5) is 0 Å². The predicted molar refractivity (Wildman–Crippen MR) is 63.4 cm³/mol. The second kappa shape index (κ2) is 4.28. The topological polar surface area (TPSA) is 9.23 Å². The van der Waals surface area contributed by atoms with Crippen LogP contribution in [0.15, 0.2) is 30.3 Å². The van der Waals surface area contributed by atoms with Crippen molar-refractivity contribution in [3.8, 4) is 0 Å². The van der Waals surface area contributed by atoms with Crippen LogP contribution in [0.2, 0.25) is 0 Å². The maximum absolute atomic E-state index is 5.88. The third-order valence-electron chi connectivity index (χ3n) is 2.77. The fraction of sp³-hybridized carbons (Fsp3) is 0.417. The molecular formula is C12H18OSi+. The van der Waals surface area contributed by atoms with Gasteiger partial charge < -0.3 is 4.74 Å². The molecule has 1 aromatic carbocycles. The molecule has 75 valence electrons. The van der Waals surface area contributed by atoms with Crippen molar-refractivity contribution in [2.45, 2.75) is 24.5 Å². The largest absolute Gasteiger partial charge is 1.00 e. The van der Waals surface area contributed by atoms with Gasteiger partial charge in [-0.1, -0.05) is 30.3 Å². The molecule has 1 radical (unpaired) electrons. The van der Waals surface area contributed by atoms with E-state index in [0.717, 1.165) is 16.8 Å². The zero-order chi connectivity index (χ0) is 9.86. The maximum Gasteiger partial charge on any atom is 1.00 e. The summed E-state index contributed by atoms with van der Waals surface area (Å²) in [5.74, 6) is 0. The van der Waals surface area contributed by atoms with E-state index in [-0.39, 0.29) is 6.65 Å². The second-order valence-electron chi connectivity index (χ2n) is 4.17. The van der Waals surface area contributed by atoms with Crippen LogP contribution in [0.3, 0.4) is 0 Å². The average molecular weight is 206 g/mol. The van der Waals surface area contributed by atoms with Crippen LogP contribution in [0.1, 0.15) is 26.3 Å². The fourth-order valence-electron chi connectivity index (χ4n) is 1.97. The summed E-state index contributed by atoms with van der Waals surface area (Å²) in [6.07, 6.45) is 6.05. The highest BCUT2D eigenvalue weighted by atomic mass is 28.1. The lowest BCUT2D eigenvalue weighted by molar-refractivity contribution is 0.00677. The Labute approximate surface area is 90.4 Å². The first-order chi connectivity index (χ1) is 6.79. The lowest BCUT2D eigenvalue weighted by Gasteiger charge is -2.33. The minimum absolute atomic E-state index is 0. The summed E-state index contributed by atoms with van der Waals surface area (Å²) in [7, 11) is 1.09. The minimum Gasteiger partial charge on any atom is -0.379 e. The van der Waals surface area contributed by atoms with Gasteiger partial charge in [-0.3, -0.25) is 0 Å². The summed E-state index contributed by atoms with van der Waals surface area (Å²) in [6.45, 7) is 0.937. The van der Waals surface area contributed by atoms with Gasteiger partial charge in [0.05, 0.1) is 5.22 Å². The van der Waals surface area contributed by atoms with Gasteiger partial charge in [-0.15, -0.1) is 0 Å². The van der Waals surface area contributed by atoms with E-state index >= 15 is 0 Å². The second-order valence-corrected chi connectivity index (χ2v) is 5.87. The first kappa shape index (κ1) is 9.93. The van der Waals surface area contributed by atoms with Gasteiger partial charge in [0.1, 0.15) is 0 Å². The lowest BCUT2D eigenvalue weighted by atomic mass is 10.0. The van der Waals surface area contributed by atoms with E-state index < -0.39 is 0 Å². The molecule has 1 heterocycles. The molecule has 1 atom stereocenters. The Morgan fingerprint density at radius 1 is 1.29 bits per heavy atom. The molecule has 0 amide bonds. The van der Waals surface area contributed by atoms with E-state index in [9.17, 15) is 0 Å². The van der Waals surface area contributed by atoms with E-state index in [1.54, 1.807) is 0 Å². The SMILES string of the molecule is [H+].[SiH3]C1([CH]c2ccccc2)CCCCO1. The minimum atomic E-state index is 0. The Morgan fingerprint density at radius 2 is 2.07 bits per heavy atom. The van der Waals surface area contributed by atoms with Crippen molar-refractivity contribution in [2.75, 3.05) is 6.61 Å². The van der Waals surface area contributed by atoms with Gasteiger partial charge in [-0.2, -0.15) is 0 Å². The fourth-order valence-corrected chi connectivity index (χ4v) is 2.86. The Morgan fingerprint density at radius 3 is 2.71 bits per heavy atom. The molecule has 1 aliphatic heterocycles. The van der Waals surface area contributed by atoms with Gasteiger partial charge in [0.15, 0.2) is 0 Å². The molecule has 1 unspecified atom stereocenters. The summed E-state index contributed by atoms with van der Waals surface area (Å²) in [6, 6.07) is 10.5. The summed E-state index contributed by atoms with van der Waals surface area (Å²) >= 11 is 0. The molecule has 14 heavy (non-hydrogen) atoms. The van der Waals surface area contributed by atoms with Crippen LogP contribution in [0, 0.1) is 6.42 Å². The molecule has 1 saturated heterocycles. The van der Waals surface area contributed by atoms with Gasteiger partial charge in [0.25, 0.3) is 0 Å². The highest BCUT2D eigenvalue weighted by molar-refractivity contribution is 6.16. The van der Waals surface area contributed by atoms with Crippen molar-refractivity contribution in [2.24, 2.45) is 0 Å². The summed E-state index contributed by atoms with van der Waals surface area (Å²) < 4.78 is 5.88. The molecule has 0 N–H and O–H groups in total. The zero-order valence-corrected chi connectivity index (χ0v) is 10.7. The van der Waals surface area contributed by atoms with Crippen molar-refractivity contribution >= 4 is 10.2 Å². The summed E-state index contributed by atoms with van der Waals surface area (Å²) in [4.78, 5) is 0. The van der Waals surface area contributed by atoms with Gasteiger partial charge in [-0.25, -0.2) is 0 Å². The standard InChI is InChI=1S/C12H17OSi/c14-12(8-4-5-9-13-12)10-11-6-2-1-3-7-11/h1-3,6-7,10H,4-5,8-9H2,14H3/p+1. The Hall–Kier alpha value is -0.603. The molecule has 1 nitrogen and oxygen atoms in total. The molecule has 2 heteroatoms. The highest BCUT2D eigenvalue weighted by Gasteiger charge is 2.27. The quantitative estimate of drug-likeness (QED) is 0.668. The number of rotatable bonds is 2. The van der Waals surface area contributed by atoms with Crippen molar-refractivity contribution in [3.63, 3.8) is 0 Å². The first-order valence-corrected chi connectivity index (χ1v) is 6.33. The summed E-state index contributed by atoms with van der Waals surface area (Å²) in [5, 5.41) is 0.0968. The number of hydrogen-bond donors (Lipinski definition) is 0. The van der Waals surface area contributed by atoms with Crippen LogP contribution in [-0.4, -0.2) is 22.1 Å². The molecule has 0 aromatic heterocycles. The number of hydrogen-bond acceptors (Lipinski definition) is 1. The molecule has 1 aliphatic rings. The summed E-state index contributed by atoms with van der Waals surface area (Å²) in [5.41, 5.74) is 1.30. The number of benzene rings is 1. The normalized spacial score (nSPS) is 27.7. The molecule has 1 fully saturated rings. The monoisotopic (exact) mass is 206 g/mol. The van der Waals surface area contributed by atoms with Crippen molar-refractivity contribution < 1.29 is 6.16 Å². The first-order valence-electron chi connectivity index (χ1n) is 5.33. The van der Waals surface area contributed by atoms with E-state index in [1.165, 1.54) is 24.8 Å². The molecular weight excluding hydrogens is 188 g/mol. The lowest BCUT2D eigenvalue weighted by Crippen LogP contribution is -2.37. The van der Waals surface area contributed by atoms with Crippen molar-refractivity contribution in [3.05, 3.63) is 42.3 Å². The number of ether oxygens (including phenoxy) is 1. The Bertz CT molecular complexity index is 283. The molecule has 0 spiro atoms. The molecule has 0 saturated carbocycles. The van der Waals surface area contributed by atoms with Crippen LogP contribution < -0.4 is 0 Å². The van der Waals surface area contributed by atoms with E-state index in [4.69, 9.17) is 4.74 Å². The van der Waals surface area contributed by atoms with Gasteiger partial charge in [0.2, 0.25) is 0 Å². The van der Waals surface area contributed by atoms with Crippen molar-refractivity contribution in [1.29, 1.82) is 0 Å². The van der Waals surface area contributed by atoms with E-state index in [1.807, 2.05) is 0 Å². The van der Waals surface area contributed by atoms with Crippen LogP contribution >= 0.6 is 0 Å². The third-order valence-corrected chi connectivity index (χ3v) is 3.85. The average Bonchev–Trinajstić information content (AvgIpc) is 2.19. The smallest absolute Gasteiger partial charge is 0.379 e. The van der Waals surface area contributed by atoms with E-state index in [0.29, 0.717) is 0 Å². The van der Waals surface area contributed by atoms with Crippen molar-refractivity contribution in [1.82, 2.24) is 0 Å².